The Kier molecular flexibility index (Phi) is 5.48. The largest absolute Gasteiger partial charge is 0.332 e. The van der Waals surface area contributed by atoms with Crippen molar-refractivity contribution >= 4 is 12.0 Å². The molecule has 0 unspecified atom stereocenters. The Labute approximate surface area is 130 Å². The molecule has 2 nitrogen and oxygen atoms in total. The average Bonchev–Trinajstić information content (AvgIpc) is 2.51. The van der Waals surface area contributed by atoms with E-state index in [0.29, 0.717) is 12.1 Å². The summed E-state index contributed by atoms with van der Waals surface area (Å²) in [6, 6.07) is 16.1. The van der Waals surface area contributed by atoms with Crippen molar-refractivity contribution in [1.82, 2.24) is 4.90 Å². The maximum absolute atomic E-state index is 13.1. The summed E-state index contributed by atoms with van der Waals surface area (Å²) in [5.41, 5.74) is 1.76. The monoisotopic (exact) mass is 297 g/mol. The zero-order valence-corrected chi connectivity index (χ0v) is 12.9. The van der Waals surface area contributed by atoms with Gasteiger partial charge in [0.2, 0.25) is 5.91 Å². The molecule has 22 heavy (non-hydrogen) atoms. The molecule has 3 heteroatoms. The van der Waals surface area contributed by atoms with Crippen LogP contribution >= 0.6 is 0 Å². The fourth-order valence-electron chi connectivity index (χ4n) is 2.17. The molecule has 0 fully saturated rings. The number of nitrogens with zero attached hydrogens (tertiary/aromatic N) is 1. The van der Waals surface area contributed by atoms with Crippen molar-refractivity contribution in [2.75, 3.05) is 0 Å². The van der Waals surface area contributed by atoms with Crippen LogP contribution in [0, 0.1) is 5.82 Å². The van der Waals surface area contributed by atoms with Gasteiger partial charge in [-0.25, -0.2) is 4.39 Å². The molecule has 0 N–H and O–H groups in total. The molecule has 0 bridgehead atoms. The third-order valence-electron chi connectivity index (χ3n) is 3.37. The molecule has 2 aromatic carbocycles. The molecule has 0 aliphatic carbocycles. The van der Waals surface area contributed by atoms with Gasteiger partial charge in [-0.3, -0.25) is 4.79 Å². The van der Waals surface area contributed by atoms with Crippen LogP contribution in [0.1, 0.15) is 25.0 Å². The highest BCUT2D eigenvalue weighted by atomic mass is 19.1. The second-order valence-corrected chi connectivity index (χ2v) is 5.43. The van der Waals surface area contributed by atoms with Gasteiger partial charge in [-0.15, -0.1) is 0 Å². The summed E-state index contributed by atoms with van der Waals surface area (Å²) >= 11 is 0. The molecule has 0 saturated carbocycles. The molecular formula is C19H20FNO. The van der Waals surface area contributed by atoms with Gasteiger partial charge in [0.25, 0.3) is 0 Å². The molecule has 2 rings (SSSR count). The molecule has 2 aromatic rings. The molecular weight excluding hydrogens is 277 g/mol. The summed E-state index contributed by atoms with van der Waals surface area (Å²) in [6.07, 6.45) is 3.14. The van der Waals surface area contributed by atoms with Crippen molar-refractivity contribution in [1.29, 1.82) is 0 Å². The Balaban J connectivity index is 2.10. The van der Waals surface area contributed by atoms with Crippen LogP contribution in [-0.4, -0.2) is 16.8 Å². The minimum absolute atomic E-state index is 0.0804. The molecule has 0 heterocycles. The fraction of sp³-hybridized carbons (Fsp3) is 0.211. The van der Waals surface area contributed by atoms with Crippen molar-refractivity contribution in [2.45, 2.75) is 26.4 Å². The lowest BCUT2D eigenvalue weighted by molar-refractivity contribution is -0.128. The first-order chi connectivity index (χ1) is 10.6. The van der Waals surface area contributed by atoms with Gasteiger partial charge >= 0.3 is 0 Å². The standard InChI is InChI=1S/C19H20FNO/c1-15(2)21(14-17-7-4-3-5-8-17)19(22)12-11-16-9-6-10-18(20)13-16/h3-13,15H,14H2,1-2H3/b12-11+. The number of carbonyl (C=O) groups excluding carboxylic acids is 1. The van der Waals surface area contributed by atoms with Gasteiger partial charge in [-0.2, -0.15) is 0 Å². The van der Waals surface area contributed by atoms with E-state index in [9.17, 15) is 9.18 Å². The van der Waals surface area contributed by atoms with E-state index in [1.54, 1.807) is 23.1 Å². The first kappa shape index (κ1) is 16.0. The Morgan fingerprint density at radius 3 is 2.50 bits per heavy atom. The van der Waals surface area contributed by atoms with Gasteiger partial charge in [0.15, 0.2) is 0 Å². The van der Waals surface area contributed by atoms with E-state index < -0.39 is 0 Å². The van der Waals surface area contributed by atoms with Crippen LogP contribution in [0.3, 0.4) is 0 Å². The number of halogens is 1. The van der Waals surface area contributed by atoms with Gasteiger partial charge in [0.05, 0.1) is 0 Å². The second-order valence-electron chi connectivity index (χ2n) is 5.43. The lowest BCUT2D eigenvalue weighted by Crippen LogP contribution is -2.35. The quantitative estimate of drug-likeness (QED) is 0.754. The highest BCUT2D eigenvalue weighted by Gasteiger charge is 2.14. The van der Waals surface area contributed by atoms with Crippen LogP contribution in [0.25, 0.3) is 6.08 Å². The summed E-state index contributed by atoms with van der Waals surface area (Å²) in [5.74, 6) is -0.386. The van der Waals surface area contributed by atoms with E-state index in [2.05, 4.69) is 0 Å². The van der Waals surface area contributed by atoms with E-state index in [4.69, 9.17) is 0 Å². The second kappa shape index (κ2) is 7.55. The number of hydrogen-bond donors (Lipinski definition) is 0. The van der Waals surface area contributed by atoms with Crippen molar-refractivity contribution < 1.29 is 9.18 Å². The Bertz CT molecular complexity index is 649. The summed E-state index contributed by atoms with van der Waals surface area (Å²) in [6.45, 7) is 4.53. The highest BCUT2D eigenvalue weighted by Crippen LogP contribution is 2.11. The van der Waals surface area contributed by atoms with E-state index in [0.717, 1.165) is 5.56 Å². The number of carbonyl (C=O) groups is 1. The van der Waals surface area contributed by atoms with E-state index in [-0.39, 0.29) is 17.8 Å². The predicted octanol–water partition coefficient (Wildman–Crippen LogP) is 4.28. The maximum atomic E-state index is 13.1. The predicted molar refractivity (Wildman–Crippen MR) is 87.6 cm³/mol. The molecule has 0 spiro atoms. The minimum atomic E-state index is -0.306. The molecule has 0 aromatic heterocycles. The highest BCUT2D eigenvalue weighted by molar-refractivity contribution is 5.91. The van der Waals surface area contributed by atoms with Crippen LogP contribution in [-0.2, 0) is 11.3 Å². The van der Waals surface area contributed by atoms with Gasteiger partial charge in [0.1, 0.15) is 5.82 Å². The van der Waals surface area contributed by atoms with Crippen LogP contribution < -0.4 is 0 Å². The number of hydrogen-bond acceptors (Lipinski definition) is 1. The molecule has 0 aliphatic heterocycles. The van der Waals surface area contributed by atoms with Gasteiger partial charge < -0.3 is 4.90 Å². The SMILES string of the molecule is CC(C)N(Cc1ccccc1)C(=O)/C=C/c1cccc(F)c1. The first-order valence-electron chi connectivity index (χ1n) is 7.34. The first-order valence-corrected chi connectivity index (χ1v) is 7.34. The van der Waals surface area contributed by atoms with E-state index in [1.807, 2.05) is 44.2 Å². The van der Waals surface area contributed by atoms with Crippen LogP contribution in [0.15, 0.2) is 60.7 Å². The molecule has 114 valence electrons. The summed E-state index contributed by atoms with van der Waals surface area (Å²) in [5, 5.41) is 0. The number of rotatable bonds is 5. The Morgan fingerprint density at radius 2 is 1.86 bits per heavy atom. The lowest BCUT2D eigenvalue weighted by atomic mass is 10.1. The molecule has 0 saturated heterocycles. The third-order valence-corrected chi connectivity index (χ3v) is 3.37. The summed E-state index contributed by atoms with van der Waals surface area (Å²) in [7, 11) is 0. The summed E-state index contributed by atoms with van der Waals surface area (Å²) < 4.78 is 13.1. The zero-order chi connectivity index (χ0) is 15.9. The van der Waals surface area contributed by atoms with Crippen molar-refractivity contribution in [2.24, 2.45) is 0 Å². The minimum Gasteiger partial charge on any atom is -0.332 e. The van der Waals surface area contributed by atoms with Gasteiger partial charge in [0, 0.05) is 18.7 Å². The van der Waals surface area contributed by atoms with E-state index >= 15 is 0 Å². The van der Waals surface area contributed by atoms with Crippen molar-refractivity contribution in [3.63, 3.8) is 0 Å². The van der Waals surface area contributed by atoms with Crippen molar-refractivity contribution in [3.05, 3.63) is 77.6 Å². The molecule has 1 amide bonds. The normalized spacial score (nSPS) is 11.1. The average molecular weight is 297 g/mol. The molecule has 0 atom stereocenters. The van der Waals surface area contributed by atoms with Gasteiger partial charge in [-0.05, 0) is 43.2 Å². The van der Waals surface area contributed by atoms with Gasteiger partial charge in [-0.1, -0.05) is 42.5 Å². The number of benzene rings is 2. The number of amides is 1. The van der Waals surface area contributed by atoms with Crippen LogP contribution in [0.4, 0.5) is 4.39 Å². The van der Waals surface area contributed by atoms with Crippen molar-refractivity contribution in [3.8, 4) is 0 Å². The topological polar surface area (TPSA) is 20.3 Å². The van der Waals surface area contributed by atoms with Crippen LogP contribution in [0.2, 0.25) is 0 Å². The summed E-state index contributed by atoms with van der Waals surface area (Å²) in [4.78, 5) is 14.2. The molecule has 0 radical (unpaired) electrons. The van der Waals surface area contributed by atoms with Crippen LogP contribution in [0.5, 0.6) is 0 Å². The third kappa shape index (κ3) is 4.55. The van der Waals surface area contributed by atoms with E-state index in [1.165, 1.54) is 18.2 Å². The lowest BCUT2D eigenvalue weighted by Gasteiger charge is -2.25. The Morgan fingerprint density at radius 1 is 1.14 bits per heavy atom. The molecule has 0 aliphatic rings. The Hall–Kier alpha value is -2.42. The smallest absolute Gasteiger partial charge is 0.247 e. The fourth-order valence-corrected chi connectivity index (χ4v) is 2.17. The zero-order valence-electron chi connectivity index (χ0n) is 12.9. The maximum Gasteiger partial charge on any atom is 0.247 e.